The molecule has 1 aromatic rings. The fourth-order valence-corrected chi connectivity index (χ4v) is 0.709. The Kier molecular flexibility index (Phi) is 2.92. The number of hydrogen-bond donors (Lipinski definition) is 3. The highest BCUT2D eigenvalue weighted by atomic mass is 16.1. The summed E-state index contributed by atoms with van der Waals surface area (Å²) in [5.41, 5.74) is 5.99. The van der Waals surface area contributed by atoms with Gasteiger partial charge in [-0.1, -0.05) is 5.92 Å². The van der Waals surface area contributed by atoms with Crippen molar-refractivity contribution < 1.29 is 4.79 Å². The summed E-state index contributed by atoms with van der Waals surface area (Å²) in [6.45, 7) is 1.77. The lowest BCUT2D eigenvalue weighted by molar-refractivity contribution is -0.118. The second-order valence-corrected chi connectivity index (χ2v) is 2.42. The topological polar surface area (TPSA) is 83.8 Å². The van der Waals surface area contributed by atoms with Gasteiger partial charge in [0.15, 0.2) is 0 Å². The summed E-state index contributed by atoms with van der Waals surface area (Å²) >= 11 is 0. The number of nitrogens with one attached hydrogen (secondary N) is 2. The first-order chi connectivity index (χ1) is 6.18. The molecule has 0 aliphatic heterocycles. The lowest BCUT2D eigenvalue weighted by Crippen LogP contribution is -2.19. The zero-order chi connectivity index (χ0) is 9.68. The van der Waals surface area contributed by atoms with Gasteiger partial charge in [-0.05, 0) is 5.92 Å². The summed E-state index contributed by atoms with van der Waals surface area (Å²) in [5.74, 6) is 5.80. The van der Waals surface area contributed by atoms with Crippen LogP contribution in [0.5, 0.6) is 0 Å². The number of carbonyl (C=O) groups excluding carboxylic acids is 1. The van der Waals surface area contributed by atoms with Gasteiger partial charge < -0.3 is 11.1 Å². The number of hydrogen-bond acceptors (Lipinski definition) is 3. The molecule has 1 amide bonds. The number of H-pyrrole nitrogens is 1. The molecule has 0 unspecified atom stereocenters. The molecule has 0 aliphatic carbocycles. The van der Waals surface area contributed by atoms with Crippen LogP contribution in [-0.4, -0.2) is 22.6 Å². The van der Waals surface area contributed by atoms with Crippen LogP contribution in [0.4, 0.5) is 5.82 Å². The van der Waals surface area contributed by atoms with Gasteiger partial charge in [0, 0.05) is 13.0 Å². The van der Waals surface area contributed by atoms with Crippen molar-refractivity contribution in [3.8, 4) is 11.8 Å². The van der Waals surface area contributed by atoms with Crippen molar-refractivity contribution in [3.05, 3.63) is 11.8 Å². The number of amides is 1. The van der Waals surface area contributed by atoms with Crippen molar-refractivity contribution in [2.75, 3.05) is 12.3 Å². The van der Waals surface area contributed by atoms with E-state index in [9.17, 15) is 4.79 Å². The molecule has 0 aromatic carbocycles. The molecule has 0 saturated carbocycles. The Morgan fingerprint density at radius 1 is 1.85 bits per heavy atom. The standard InChI is InChI=1S/C8H10N4O/c1-6(13)10-4-2-3-7-5-8(9)12-11-7/h5H,4H2,1H3,(H,10,13)(H3,9,11,12). The predicted molar refractivity (Wildman–Crippen MR) is 48.6 cm³/mol. The maximum atomic E-state index is 10.4. The van der Waals surface area contributed by atoms with Crippen LogP contribution in [0.15, 0.2) is 6.07 Å². The van der Waals surface area contributed by atoms with Crippen LogP contribution < -0.4 is 11.1 Å². The number of nitrogen functional groups attached to an aromatic ring is 1. The van der Waals surface area contributed by atoms with Crippen molar-refractivity contribution in [1.82, 2.24) is 15.5 Å². The molecule has 0 saturated heterocycles. The fraction of sp³-hybridized carbons (Fsp3) is 0.250. The summed E-state index contributed by atoms with van der Waals surface area (Å²) in [7, 11) is 0. The van der Waals surface area contributed by atoms with Gasteiger partial charge in [-0.2, -0.15) is 5.10 Å². The van der Waals surface area contributed by atoms with Crippen LogP contribution in [0.1, 0.15) is 12.6 Å². The molecule has 0 aliphatic rings. The van der Waals surface area contributed by atoms with Crippen molar-refractivity contribution in [3.63, 3.8) is 0 Å². The van der Waals surface area contributed by atoms with Crippen LogP contribution in [0.25, 0.3) is 0 Å². The molecule has 1 rings (SSSR count). The molecular weight excluding hydrogens is 168 g/mol. The molecule has 0 radical (unpaired) electrons. The number of carbonyl (C=O) groups is 1. The number of nitrogens with zero attached hydrogens (tertiary/aromatic N) is 1. The van der Waals surface area contributed by atoms with E-state index in [0.717, 1.165) is 0 Å². The molecule has 5 nitrogen and oxygen atoms in total. The highest BCUT2D eigenvalue weighted by molar-refractivity contribution is 5.73. The van der Waals surface area contributed by atoms with Gasteiger partial charge in [0.2, 0.25) is 5.91 Å². The number of nitrogens with two attached hydrogens (primary N) is 1. The molecule has 0 fully saturated rings. The number of aromatic nitrogens is 2. The molecule has 5 heteroatoms. The first kappa shape index (κ1) is 9.13. The molecule has 1 heterocycles. The third kappa shape index (κ3) is 3.29. The number of rotatable bonds is 1. The monoisotopic (exact) mass is 178 g/mol. The van der Waals surface area contributed by atoms with Crippen LogP contribution in [0, 0.1) is 11.8 Å². The van der Waals surface area contributed by atoms with Gasteiger partial charge in [-0.25, -0.2) is 0 Å². The number of anilines is 1. The summed E-state index contributed by atoms with van der Waals surface area (Å²) in [4.78, 5) is 10.4. The first-order valence-corrected chi connectivity index (χ1v) is 3.72. The zero-order valence-corrected chi connectivity index (χ0v) is 7.22. The lowest BCUT2D eigenvalue weighted by Gasteiger charge is -1.90. The van der Waals surface area contributed by atoms with Gasteiger partial charge >= 0.3 is 0 Å². The van der Waals surface area contributed by atoms with Gasteiger partial charge in [0.25, 0.3) is 0 Å². The third-order valence-electron chi connectivity index (χ3n) is 1.25. The largest absolute Gasteiger partial charge is 0.382 e. The van der Waals surface area contributed by atoms with E-state index in [1.165, 1.54) is 6.92 Å². The fourth-order valence-electron chi connectivity index (χ4n) is 0.709. The maximum Gasteiger partial charge on any atom is 0.217 e. The van der Waals surface area contributed by atoms with Crippen LogP contribution in [-0.2, 0) is 4.79 Å². The number of aromatic amines is 1. The Morgan fingerprint density at radius 2 is 2.62 bits per heavy atom. The van der Waals surface area contributed by atoms with E-state index in [1.807, 2.05) is 0 Å². The molecular formula is C8H10N4O. The van der Waals surface area contributed by atoms with E-state index >= 15 is 0 Å². The third-order valence-corrected chi connectivity index (χ3v) is 1.25. The quantitative estimate of drug-likeness (QED) is 0.506. The Morgan fingerprint density at radius 3 is 3.15 bits per heavy atom. The first-order valence-electron chi connectivity index (χ1n) is 3.72. The molecule has 68 valence electrons. The van der Waals surface area contributed by atoms with Gasteiger partial charge in [-0.3, -0.25) is 9.89 Å². The Hall–Kier alpha value is -1.96. The average molecular weight is 178 g/mol. The molecule has 4 N–H and O–H groups in total. The van der Waals surface area contributed by atoms with E-state index < -0.39 is 0 Å². The van der Waals surface area contributed by atoms with Gasteiger partial charge in [0.05, 0.1) is 6.54 Å². The summed E-state index contributed by atoms with van der Waals surface area (Å²) < 4.78 is 0. The highest BCUT2D eigenvalue weighted by Crippen LogP contribution is 1.96. The normalized spacial score (nSPS) is 8.69. The van der Waals surface area contributed by atoms with E-state index in [4.69, 9.17) is 5.73 Å². The molecule has 1 aromatic heterocycles. The van der Waals surface area contributed by atoms with Crippen molar-refractivity contribution in [1.29, 1.82) is 0 Å². The summed E-state index contributed by atoms with van der Waals surface area (Å²) in [6.07, 6.45) is 0. The highest BCUT2D eigenvalue weighted by Gasteiger charge is 1.90. The predicted octanol–water partition coefficient (Wildman–Crippen LogP) is -0.521. The van der Waals surface area contributed by atoms with Crippen molar-refractivity contribution in [2.24, 2.45) is 0 Å². The minimum atomic E-state index is -0.0987. The van der Waals surface area contributed by atoms with E-state index in [1.54, 1.807) is 6.07 Å². The molecule has 13 heavy (non-hydrogen) atoms. The minimum absolute atomic E-state index is 0.0987. The van der Waals surface area contributed by atoms with Crippen molar-refractivity contribution in [2.45, 2.75) is 6.92 Å². The van der Waals surface area contributed by atoms with E-state index in [0.29, 0.717) is 18.1 Å². The summed E-state index contributed by atoms with van der Waals surface area (Å²) in [6, 6.07) is 1.63. The van der Waals surface area contributed by atoms with Gasteiger partial charge in [0.1, 0.15) is 11.5 Å². The second kappa shape index (κ2) is 4.16. The smallest absolute Gasteiger partial charge is 0.217 e. The Bertz CT molecular complexity index is 358. The van der Waals surface area contributed by atoms with Crippen LogP contribution >= 0.6 is 0 Å². The molecule has 0 bridgehead atoms. The minimum Gasteiger partial charge on any atom is -0.382 e. The van der Waals surface area contributed by atoms with Crippen molar-refractivity contribution >= 4 is 11.7 Å². The average Bonchev–Trinajstić information content (AvgIpc) is 2.45. The van der Waals surface area contributed by atoms with Crippen LogP contribution in [0.2, 0.25) is 0 Å². The van der Waals surface area contributed by atoms with E-state index in [2.05, 4.69) is 27.4 Å². The van der Waals surface area contributed by atoms with Gasteiger partial charge in [-0.15, -0.1) is 0 Å². The Labute approximate surface area is 75.7 Å². The molecule has 0 atom stereocenters. The van der Waals surface area contributed by atoms with Crippen LogP contribution in [0.3, 0.4) is 0 Å². The lowest BCUT2D eigenvalue weighted by atomic mass is 10.4. The molecule has 0 spiro atoms. The van der Waals surface area contributed by atoms with E-state index in [-0.39, 0.29) is 5.91 Å². The summed E-state index contributed by atoms with van der Waals surface area (Å²) in [5, 5.41) is 8.87. The second-order valence-electron chi connectivity index (χ2n) is 2.42. The maximum absolute atomic E-state index is 10.4. The SMILES string of the molecule is CC(=O)NCC#Cc1cc(N)n[nH]1. The zero-order valence-electron chi connectivity index (χ0n) is 7.22. The Balaban J connectivity index is 2.44.